The quantitative estimate of drug-likeness (QED) is 0.651. The highest BCUT2D eigenvalue weighted by molar-refractivity contribution is 6.07. The van der Waals surface area contributed by atoms with Gasteiger partial charge in [0.2, 0.25) is 0 Å². The molecular formula is C13H16N6O4. The molecule has 0 saturated heterocycles. The second-order valence-corrected chi connectivity index (χ2v) is 4.68. The Hall–Kier alpha value is -3.17. The van der Waals surface area contributed by atoms with E-state index in [9.17, 15) is 14.4 Å². The summed E-state index contributed by atoms with van der Waals surface area (Å²) in [7, 11) is 0. The summed E-state index contributed by atoms with van der Waals surface area (Å²) in [6, 6.07) is 0. The molecule has 0 fully saturated rings. The molecule has 23 heavy (non-hydrogen) atoms. The van der Waals surface area contributed by atoms with Gasteiger partial charge in [0, 0.05) is 12.7 Å². The number of carbonyl (C=O) groups is 3. The minimum Gasteiger partial charge on any atom is -0.481 e. The lowest BCUT2D eigenvalue weighted by atomic mass is 10.3. The zero-order valence-corrected chi connectivity index (χ0v) is 12.4. The summed E-state index contributed by atoms with van der Waals surface area (Å²) >= 11 is 0. The van der Waals surface area contributed by atoms with Crippen molar-refractivity contribution in [2.24, 2.45) is 5.73 Å². The predicted octanol–water partition coefficient (Wildman–Crippen LogP) is -0.0746. The average Bonchev–Trinajstić information content (AvgIpc) is 3.11. The number of nitrogens with zero attached hydrogens (tertiary/aromatic N) is 4. The molecule has 0 radical (unpaired) electrons. The van der Waals surface area contributed by atoms with Crippen molar-refractivity contribution < 1.29 is 19.5 Å². The number of aliphatic carboxylic acids is 1. The number of nitrogens with two attached hydrogens (primary N) is 1. The summed E-state index contributed by atoms with van der Waals surface area (Å²) < 4.78 is 2.74. The standard InChI is InChI=1S/C13H16N6O4/c1-2-19-11(12(14)22)9(6-16-19)17-13(23)8-5-15-18(7-8)4-3-10(20)21/h5-7H,2-4H2,1H3,(H2,14,22)(H,17,23)(H,20,21). The minimum absolute atomic E-state index is 0.0994. The van der Waals surface area contributed by atoms with Crippen LogP contribution in [0.1, 0.15) is 34.2 Å². The molecule has 0 aliphatic carbocycles. The van der Waals surface area contributed by atoms with Crippen molar-refractivity contribution in [1.29, 1.82) is 0 Å². The van der Waals surface area contributed by atoms with Gasteiger partial charge in [-0.3, -0.25) is 23.7 Å². The molecule has 2 heterocycles. The highest BCUT2D eigenvalue weighted by Crippen LogP contribution is 2.15. The maximum absolute atomic E-state index is 12.2. The zero-order valence-electron chi connectivity index (χ0n) is 12.4. The zero-order chi connectivity index (χ0) is 17.0. The van der Waals surface area contributed by atoms with Crippen molar-refractivity contribution in [3.8, 4) is 0 Å². The number of carboxylic acid groups (broad SMARTS) is 1. The van der Waals surface area contributed by atoms with Gasteiger partial charge in [0.05, 0.1) is 36.6 Å². The topological polar surface area (TPSA) is 145 Å². The molecule has 4 N–H and O–H groups in total. The molecule has 0 unspecified atom stereocenters. The number of primary amides is 1. The first-order valence-corrected chi connectivity index (χ1v) is 6.83. The lowest BCUT2D eigenvalue weighted by Crippen LogP contribution is -2.21. The summed E-state index contributed by atoms with van der Waals surface area (Å²) in [5.41, 5.74) is 5.85. The second-order valence-electron chi connectivity index (χ2n) is 4.68. The van der Waals surface area contributed by atoms with E-state index in [1.54, 1.807) is 6.92 Å². The number of hydrogen-bond acceptors (Lipinski definition) is 5. The van der Waals surface area contributed by atoms with Gasteiger partial charge in [-0.2, -0.15) is 10.2 Å². The molecule has 0 aromatic carbocycles. The van der Waals surface area contributed by atoms with Crippen molar-refractivity contribution >= 4 is 23.5 Å². The fourth-order valence-electron chi connectivity index (χ4n) is 1.98. The van der Waals surface area contributed by atoms with E-state index in [2.05, 4.69) is 15.5 Å². The first kappa shape index (κ1) is 16.2. The number of nitrogens with one attached hydrogen (secondary N) is 1. The Morgan fingerprint density at radius 3 is 2.65 bits per heavy atom. The Balaban J connectivity index is 2.12. The number of aromatic nitrogens is 4. The fourth-order valence-corrected chi connectivity index (χ4v) is 1.98. The molecule has 0 aliphatic heterocycles. The Kier molecular flexibility index (Phi) is 4.74. The van der Waals surface area contributed by atoms with Crippen LogP contribution in [0.25, 0.3) is 0 Å². The largest absolute Gasteiger partial charge is 0.481 e. The summed E-state index contributed by atoms with van der Waals surface area (Å²) in [6.07, 6.45) is 3.98. The van der Waals surface area contributed by atoms with Crippen LogP contribution in [0.15, 0.2) is 18.6 Å². The van der Waals surface area contributed by atoms with Crippen LogP contribution in [0.2, 0.25) is 0 Å². The van der Waals surface area contributed by atoms with Crippen LogP contribution < -0.4 is 11.1 Å². The molecule has 2 aromatic rings. The van der Waals surface area contributed by atoms with E-state index in [0.717, 1.165) is 0 Å². The smallest absolute Gasteiger partial charge is 0.305 e. The van der Waals surface area contributed by atoms with E-state index in [-0.39, 0.29) is 29.9 Å². The molecule has 10 nitrogen and oxygen atoms in total. The van der Waals surface area contributed by atoms with Crippen LogP contribution in [-0.4, -0.2) is 42.5 Å². The van der Waals surface area contributed by atoms with Gasteiger partial charge in [0.15, 0.2) is 0 Å². The molecule has 0 aliphatic rings. The van der Waals surface area contributed by atoms with Crippen LogP contribution >= 0.6 is 0 Å². The average molecular weight is 320 g/mol. The Morgan fingerprint density at radius 2 is 2.04 bits per heavy atom. The number of carbonyl (C=O) groups excluding carboxylic acids is 2. The second kappa shape index (κ2) is 6.73. The number of carboxylic acids is 1. The third-order valence-electron chi connectivity index (χ3n) is 3.07. The number of hydrogen-bond donors (Lipinski definition) is 3. The molecule has 2 amide bonds. The van der Waals surface area contributed by atoms with Gasteiger partial charge in [-0.05, 0) is 6.92 Å². The van der Waals surface area contributed by atoms with Crippen LogP contribution in [0.4, 0.5) is 5.69 Å². The van der Waals surface area contributed by atoms with E-state index in [1.165, 1.54) is 28.0 Å². The van der Waals surface area contributed by atoms with Crippen LogP contribution in [0.5, 0.6) is 0 Å². The third-order valence-corrected chi connectivity index (χ3v) is 3.07. The Labute approximate surface area is 130 Å². The highest BCUT2D eigenvalue weighted by Gasteiger charge is 2.18. The normalized spacial score (nSPS) is 10.5. The molecule has 0 spiro atoms. The molecule has 0 saturated carbocycles. The Bertz CT molecular complexity index is 747. The molecule has 10 heteroatoms. The van der Waals surface area contributed by atoms with E-state index in [4.69, 9.17) is 10.8 Å². The molecule has 0 atom stereocenters. The van der Waals surface area contributed by atoms with Crippen molar-refractivity contribution in [3.05, 3.63) is 29.8 Å². The minimum atomic E-state index is -0.954. The SMILES string of the molecule is CCn1ncc(NC(=O)c2cnn(CCC(=O)O)c2)c1C(N)=O. The van der Waals surface area contributed by atoms with Gasteiger partial charge in [-0.1, -0.05) is 0 Å². The first-order chi connectivity index (χ1) is 10.9. The highest BCUT2D eigenvalue weighted by atomic mass is 16.4. The van der Waals surface area contributed by atoms with Gasteiger partial charge in [-0.25, -0.2) is 0 Å². The summed E-state index contributed by atoms with van der Waals surface area (Å²) in [5, 5.41) is 19.1. The lowest BCUT2D eigenvalue weighted by Gasteiger charge is -2.05. The third kappa shape index (κ3) is 3.73. The van der Waals surface area contributed by atoms with Gasteiger partial charge in [-0.15, -0.1) is 0 Å². The van der Waals surface area contributed by atoms with Crippen molar-refractivity contribution in [2.75, 3.05) is 5.32 Å². The van der Waals surface area contributed by atoms with Gasteiger partial charge >= 0.3 is 5.97 Å². The number of anilines is 1. The summed E-state index contributed by atoms with van der Waals surface area (Å²) in [5.74, 6) is -2.15. The molecule has 122 valence electrons. The number of rotatable bonds is 7. The summed E-state index contributed by atoms with van der Waals surface area (Å²) in [4.78, 5) is 34.2. The van der Waals surface area contributed by atoms with Crippen LogP contribution in [0.3, 0.4) is 0 Å². The number of amides is 2. The van der Waals surface area contributed by atoms with Gasteiger partial charge in [0.25, 0.3) is 11.8 Å². The van der Waals surface area contributed by atoms with Crippen molar-refractivity contribution in [3.63, 3.8) is 0 Å². The fraction of sp³-hybridized carbons (Fsp3) is 0.308. The van der Waals surface area contributed by atoms with E-state index < -0.39 is 17.8 Å². The number of aryl methyl sites for hydroxylation is 2. The monoisotopic (exact) mass is 320 g/mol. The van der Waals surface area contributed by atoms with Crippen molar-refractivity contribution in [2.45, 2.75) is 26.4 Å². The van der Waals surface area contributed by atoms with Crippen LogP contribution in [-0.2, 0) is 17.9 Å². The predicted molar refractivity (Wildman–Crippen MR) is 78.9 cm³/mol. The van der Waals surface area contributed by atoms with E-state index in [0.29, 0.717) is 6.54 Å². The van der Waals surface area contributed by atoms with Gasteiger partial charge < -0.3 is 16.2 Å². The van der Waals surface area contributed by atoms with Crippen LogP contribution in [0, 0.1) is 0 Å². The maximum Gasteiger partial charge on any atom is 0.305 e. The lowest BCUT2D eigenvalue weighted by molar-refractivity contribution is -0.137. The van der Waals surface area contributed by atoms with Crippen molar-refractivity contribution in [1.82, 2.24) is 19.6 Å². The molecule has 2 aromatic heterocycles. The first-order valence-electron chi connectivity index (χ1n) is 6.83. The molecular weight excluding hydrogens is 304 g/mol. The summed E-state index contributed by atoms with van der Waals surface area (Å²) in [6.45, 7) is 2.38. The molecule has 0 bridgehead atoms. The van der Waals surface area contributed by atoms with E-state index in [1.807, 2.05) is 0 Å². The Morgan fingerprint density at radius 1 is 1.30 bits per heavy atom. The van der Waals surface area contributed by atoms with Gasteiger partial charge in [0.1, 0.15) is 5.69 Å². The maximum atomic E-state index is 12.2. The van der Waals surface area contributed by atoms with E-state index >= 15 is 0 Å². The molecule has 2 rings (SSSR count).